The van der Waals surface area contributed by atoms with E-state index in [0.717, 1.165) is 29.7 Å². The van der Waals surface area contributed by atoms with Crippen molar-refractivity contribution in [2.45, 2.75) is 38.9 Å². The molecule has 3 rings (SSSR count). The maximum atomic E-state index is 11.7. The Bertz CT molecular complexity index is 750. The maximum absolute atomic E-state index is 11.7. The number of aromatic carboxylic acids is 1. The molecule has 0 saturated heterocycles. The van der Waals surface area contributed by atoms with Crippen LogP contribution in [0.5, 0.6) is 0 Å². The van der Waals surface area contributed by atoms with Crippen LogP contribution in [0.4, 0.5) is 5.69 Å². The molecular weight excluding hydrogens is 316 g/mol. The van der Waals surface area contributed by atoms with Crippen molar-refractivity contribution >= 4 is 17.6 Å². The number of hydrogen-bond acceptors (Lipinski definition) is 3. The van der Waals surface area contributed by atoms with E-state index in [1.807, 2.05) is 41.3 Å². The average molecular weight is 338 g/mol. The van der Waals surface area contributed by atoms with Crippen LogP contribution in [0.2, 0.25) is 0 Å². The van der Waals surface area contributed by atoms with E-state index in [1.54, 1.807) is 19.1 Å². The smallest absolute Gasteiger partial charge is 0.335 e. The first kappa shape index (κ1) is 17.0. The highest BCUT2D eigenvalue weighted by atomic mass is 16.4. The zero-order chi connectivity index (χ0) is 17.8. The molecule has 0 heterocycles. The lowest BCUT2D eigenvalue weighted by atomic mass is 10.1. The van der Waals surface area contributed by atoms with E-state index in [9.17, 15) is 9.59 Å². The van der Waals surface area contributed by atoms with Gasteiger partial charge in [0, 0.05) is 31.7 Å². The third-order valence-electron chi connectivity index (χ3n) is 4.40. The number of benzene rings is 2. The van der Waals surface area contributed by atoms with Crippen LogP contribution >= 0.6 is 0 Å². The molecule has 0 spiro atoms. The second kappa shape index (κ2) is 7.38. The normalized spacial score (nSPS) is 13.3. The molecule has 5 nitrogen and oxygen atoms in total. The minimum Gasteiger partial charge on any atom is -0.478 e. The van der Waals surface area contributed by atoms with Gasteiger partial charge in [-0.25, -0.2) is 4.79 Å². The maximum Gasteiger partial charge on any atom is 0.335 e. The monoisotopic (exact) mass is 338 g/mol. The average Bonchev–Trinajstić information content (AvgIpc) is 3.44. The molecule has 0 aromatic heterocycles. The molecule has 0 bridgehead atoms. The van der Waals surface area contributed by atoms with Crippen molar-refractivity contribution < 1.29 is 14.7 Å². The van der Waals surface area contributed by atoms with Crippen molar-refractivity contribution in [3.05, 3.63) is 65.2 Å². The molecule has 1 fully saturated rings. The Labute approximate surface area is 147 Å². The van der Waals surface area contributed by atoms with Crippen LogP contribution in [0.25, 0.3) is 0 Å². The Morgan fingerprint density at radius 2 is 1.64 bits per heavy atom. The zero-order valence-corrected chi connectivity index (χ0v) is 14.2. The molecule has 0 aliphatic heterocycles. The summed E-state index contributed by atoms with van der Waals surface area (Å²) in [5, 5.41) is 12.2. The first-order valence-electron chi connectivity index (χ1n) is 8.45. The number of rotatable bonds is 7. The van der Waals surface area contributed by atoms with E-state index in [0.29, 0.717) is 24.7 Å². The fourth-order valence-corrected chi connectivity index (χ4v) is 2.78. The minimum absolute atomic E-state index is 0.134. The lowest BCUT2D eigenvalue weighted by molar-refractivity contribution is -0.130. The number of carboxylic acid groups (broad SMARTS) is 1. The van der Waals surface area contributed by atoms with Gasteiger partial charge in [-0.1, -0.05) is 24.3 Å². The van der Waals surface area contributed by atoms with Crippen molar-refractivity contribution in [3.8, 4) is 0 Å². The summed E-state index contributed by atoms with van der Waals surface area (Å²) >= 11 is 0. The number of nitrogens with one attached hydrogen (secondary N) is 1. The zero-order valence-electron chi connectivity index (χ0n) is 14.2. The van der Waals surface area contributed by atoms with Gasteiger partial charge in [-0.2, -0.15) is 0 Å². The van der Waals surface area contributed by atoms with Gasteiger partial charge in [0.2, 0.25) is 5.91 Å². The van der Waals surface area contributed by atoms with Crippen molar-refractivity contribution in [2.24, 2.45) is 0 Å². The van der Waals surface area contributed by atoms with E-state index in [2.05, 4.69) is 5.32 Å². The molecule has 5 heteroatoms. The van der Waals surface area contributed by atoms with Crippen LogP contribution < -0.4 is 5.32 Å². The molecule has 2 aromatic rings. The summed E-state index contributed by atoms with van der Waals surface area (Å²) in [6, 6.07) is 15.3. The first-order chi connectivity index (χ1) is 12.0. The summed E-state index contributed by atoms with van der Waals surface area (Å²) in [7, 11) is 0. The molecule has 1 amide bonds. The summed E-state index contributed by atoms with van der Waals surface area (Å²) in [6.45, 7) is 2.92. The van der Waals surface area contributed by atoms with E-state index in [1.165, 1.54) is 0 Å². The molecule has 130 valence electrons. The van der Waals surface area contributed by atoms with Gasteiger partial charge >= 0.3 is 5.97 Å². The summed E-state index contributed by atoms with van der Waals surface area (Å²) in [6.07, 6.45) is 2.22. The number of carbonyl (C=O) groups excluding carboxylic acids is 1. The van der Waals surface area contributed by atoms with Gasteiger partial charge < -0.3 is 15.3 Å². The Morgan fingerprint density at radius 3 is 2.16 bits per heavy atom. The Kier molecular flexibility index (Phi) is 5.03. The van der Waals surface area contributed by atoms with E-state index < -0.39 is 5.97 Å². The van der Waals surface area contributed by atoms with E-state index in [4.69, 9.17) is 5.11 Å². The number of anilines is 1. The highest BCUT2D eigenvalue weighted by molar-refractivity contribution is 5.87. The molecule has 0 atom stereocenters. The van der Waals surface area contributed by atoms with E-state index in [-0.39, 0.29) is 5.91 Å². The topological polar surface area (TPSA) is 69.6 Å². The van der Waals surface area contributed by atoms with Crippen molar-refractivity contribution in [1.29, 1.82) is 0 Å². The lowest BCUT2D eigenvalue weighted by Gasteiger charge is -2.20. The fraction of sp³-hybridized carbons (Fsp3) is 0.300. The Morgan fingerprint density at radius 1 is 1.04 bits per heavy atom. The van der Waals surface area contributed by atoms with E-state index >= 15 is 0 Å². The third kappa shape index (κ3) is 4.59. The molecule has 2 aromatic carbocycles. The predicted octanol–water partition coefficient (Wildman–Crippen LogP) is 3.51. The van der Waals surface area contributed by atoms with Gasteiger partial charge in [0.15, 0.2) is 0 Å². The second-order valence-electron chi connectivity index (χ2n) is 6.43. The SMILES string of the molecule is CC(=O)N(Cc1ccc(NCc2ccc(C(=O)O)cc2)cc1)C1CC1. The molecule has 2 N–H and O–H groups in total. The summed E-state index contributed by atoms with van der Waals surface area (Å²) in [5.74, 6) is -0.782. The van der Waals surface area contributed by atoms with Crippen molar-refractivity contribution in [3.63, 3.8) is 0 Å². The highest BCUT2D eigenvalue weighted by Crippen LogP contribution is 2.28. The number of nitrogens with zero attached hydrogens (tertiary/aromatic N) is 1. The Hall–Kier alpha value is -2.82. The minimum atomic E-state index is -0.916. The van der Waals surface area contributed by atoms with Crippen LogP contribution in [-0.2, 0) is 17.9 Å². The summed E-state index contributed by atoms with van der Waals surface area (Å²) in [4.78, 5) is 24.5. The van der Waals surface area contributed by atoms with Crippen molar-refractivity contribution in [2.75, 3.05) is 5.32 Å². The molecule has 0 radical (unpaired) electrons. The fourth-order valence-electron chi connectivity index (χ4n) is 2.78. The van der Waals surface area contributed by atoms with Crippen LogP contribution in [0.15, 0.2) is 48.5 Å². The molecule has 1 saturated carbocycles. The predicted molar refractivity (Wildman–Crippen MR) is 96.4 cm³/mol. The number of hydrogen-bond donors (Lipinski definition) is 2. The highest BCUT2D eigenvalue weighted by Gasteiger charge is 2.30. The first-order valence-corrected chi connectivity index (χ1v) is 8.45. The van der Waals surface area contributed by atoms with Crippen LogP contribution in [-0.4, -0.2) is 27.9 Å². The van der Waals surface area contributed by atoms with Crippen LogP contribution in [0.1, 0.15) is 41.3 Å². The molecule has 1 aliphatic rings. The quantitative estimate of drug-likeness (QED) is 0.810. The number of amides is 1. The van der Waals surface area contributed by atoms with Gasteiger partial charge in [0.05, 0.1) is 5.56 Å². The van der Waals surface area contributed by atoms with Gasteiger partial charge in [-0.05, 0) is 48.2 Å². The summed E-state index contributed by atoms with van der Waals surface area (Å²) < 4.78 is 0. The van der Waals surface area contributed by atoms with Crippen molar-refractivity contribution in [1.82, 2.24) is 4.90 Å². The Balaban J connectivity index is 1.55. The second-order valence-corrected chi connectivity index (χ2v) is 6.43. The standard InChI is InChI=1S/C20H22N2O3/c1-14(23)22(19-10-11-19)13-16-4-8-18(9-5-16)21-12-15-2-6-17(7-3-15)20(24)25/h2-9,19,21H,10-13H2,1H3,(H,24,25). The third-order valence-corrected chi connectivity index (χ3v) is 4.40. The van der Waals surface area contributed by atoms with Gasteiger partial charge in [0.25, 0.3) is 0 Å². The molecule has 25 heavy (non-hydrogen) atoms. The molecule has 1 aliphatic carbocycles. The van der Waals surface area contributed by atoms with Crippen LogP contribution in [0, 0.1) is 0 Å². The summed E-state index contributed by atoms with van der Waals surface area (Å²) in [5.41, 5.74) is 3.43. The van der Waals surface area contributed by atoms with Gasteiger partial charge in [0.1, 0.15) is 0 Å². The van der Waals surface area contributed by atoms with Crippen LogP contribution in [0.3, 0.4) is 0 Å². The molecular formula is C20H22N2O3. The lowest BCUT2D eigenvalue weighted by Crippen LogP contribution is -2.30. The largest absolute Gasteiger partial charge is 0.478 e. The number of carboxylic acids is 1. The van der Waals surface area contributed by atoms with Gasteiger partial charge in [-0.15, -0.1) is 0 Å². The van der Waals surface area contributed by atoms with Gasteiger partial charge in [-0.3, -0.25) is 4.79 Å². The number of carbonyl (C=O) groups is 2. The molecule has 0 unspecified atom stereocenters.